The van der Waals surface area contributed by atoms with E-state index in [-0.39, 0.29) is 12.4 Å². The Kier molecular flexibility index (Phi) is 6.61. The second kappa shape index (κ2) is 8.69. The van der Waals surface area contributed by atoms with E-state index >= 15 is 0 Å². The fourth-order valence-corrected chi connectivity index (χ4v) is 3.30. The molecule has 0 atom stereocenters. The van der Waals surface area contributed by atoms with Crippen LogP contribution in [0.25, 0.3) is 11.3 Å². The zero-order valence-electron chi connectivity index (χ0n) is 14.2. The highest BCUT2D eigenvalue weighted by molar-refractivity contribution is 7.16. The van der Waals surface area contributed by atoms with Crippen LogP contribution in [0.1, 0.15) is 16.1 Å². The normalized spacial score (nSPS) is 11.2. The third kappa shape index (κ3) is 5.08. The number of thiazole rings is 1. The van der Waals surface area contributed by atoms with Gasteiger partial charge in [0, 0.05) is 28.9 Å². The van der Waals surface area contributed by atoms with Gasteiger partial charge in [0.25, 0.3) is 0 Å². The molecule has 0 aliphatic heterocycles. The van der Waals surface area contributed by atoms with Gasteiger partial charge >= 0.3 is 0 Å². The molecule has 4 N–H and O–H groups in total. The lowest BCUT2D eigenvalue weighted by molar-refractivity contribution is 0.964. The average molecular weight is 376 g/mol. The predicted molar refractivity (Wildman–Crippen MR) is 109 cm³/mol. The van der Waals surface area contributed by atoms with Gasteiger partial charge < -0.3 is 16.0 Å². The third-order valence-corrected chi connectivity index (χ3v) is 4.54. The van der Waals surface area contributed by atoms with Gasteiger partial charge in [0.2, 0.25) is 0 Å². The molecule has 0 fully saturated rings. The van der Waals surface area contributed by atoms with Gasteiger partial charge in [-0.2, -0.15) is 0 Å². The number of nitrogens with one attached hydrogen (secondary N) is 2. The molecular formula is C18H22ClN5S. The Morgan fingerprint density at radius 1 is 1.28 bits per heavy atom. The molecule has 132 valence electrons. The van der Waals surface area contributed by atoms with Crippen LogP contribution < -0.4 is 11.1 Å². The number of aromatic nitrogens is 2. The van der Waals surface area contributed by atoms with Crippen molar-refractivity contribution in [1.82, 2.24) is 9.97 Å². The van der Waals surface area contributed by atoms with Gasteiger partial charge in [0.05, 0.1) is 5.69 Å². The molecule has 0 saturated carbocycles. The zero-order chi connectivity index (χ0) is 16.9. The van der Waals surface area contributed by atoms with Gasteiger partial charge in [0.15, 0.2) is 11.1 Å². The fourth-order valence-electron chi connectivity index (χ4n) is 2.46. The summed E-state index contributed by atoms with van der Waals surface area (Å²) in [5, 5.41) is 3.86. The standard InChI is InChI=1S/C18H21N5S.ClH/c1-12-10-15(11-21-12)16-13(2)24-18(22-16)23-17(19)20-9-8-14-6-4-3-5-7-14;/h3-7,10-11,21H,8-9H2,1-2H3,(H3,19,20,22,23);1H. The van der Waals surface area contributed by atoms with Crippen LogP contribution in [-0.2, 0) is 6.42 Å². The Bertz CT molecular complexity index is 838. The van der Waals surface area contributed by atoms with Gasteiger partial charge in [-0.25, -0.2) is 4.98 Å². The number of hydrogen-bond acceptors (Lipinski definition) is 3. The summed E-state index contributed by atoms with van der Waals surface area (Å²) in [6.07, 6.45) is 2.84. The average Bonchev–Trinajstić information content (AvgIpc) is 3.14. The maximum Gasteiger partial charge on any atom is 0.194 e. The summed E-state index contributed by atoms with van der Waals surface area (Å²) in [6.45, 7) is 4.74. The van der Waals surface area contributed by atoms with Gasteiger partial charge in [0.1, 0.15) is 0 Å². The summed E-state index contributed by atoms with van der Waals surface area (Å²) in [4.78, 5) is 13.3. The van der Waals surface area contributed by atoms with Crippen molar-refractivity contribution in [3.63, 3.8) is 0 Å². The molecule has 0 amide bonds. The van der Waals surface area contributed by atoms with Gasteiger partial charge in [-0.3, -0.25) is 4.99 Å². The number of benzene rings is 1. The van der Waals surface area contributed by atoms with Crippen molar-refractivity contribution in [3.05, 3.63) is 58.7 Å². The van der Waals surface area contributed by atoms with Gasteiger partial charge in [-0.05, 0) is 31.9 Å². The van der Waals surface area contributed by atoms with E-state index in [4.69, 9.17) is 5.73 Å². The largest absolute Gasteiger partial charge is 0.370 e. The Hall–Kier alpha value is -2.31. The Morgan fingerprint density at radius 2 is 2.04 bits per heavy atom. The summed E-state index contributed by atoms with van der Waals surface area (Å²) >= 11 is 1.58. The number of guanidine groups is 1. The number of nitrogens with two attached hydrogens (primary N) is 1. The number of halogens is 1. The molecule has 5 nitrogen and oxygen atoms in total. The van der Waals surface area contributed by atoms with Crippen LogP contribution in [0.4, 0.5) is 5.13 Å². The SMILES string of the molecule is Cc1cc(-c2nc(NC(N)=NCCc3ccccc3)sc2C)c[nH]1.Cl. The third-order valence-electron chi connectivity index (χ3n) is 3.66. The van der Waals surface area contributed by atoms with Crippen molar-refractivity contribution in [2.75, 3.05) is 11.9 Å². The number of hydrogen-bond donors (Lipinski definition) is 3. The molecule has 25 heavy (non-hydrogen) atoms. The van der Waals surface area contributed by atoms with Crippen LogP contribution in [-0.4, -0.2) is 22.5 Å². The number of nitrogens with zero attached hydrogens (tertiary/aromatic N) is 2. The number of rotatable bonds is 5. The lowest BCUT2D eigenvalue weighted by atomic mass is 10.2. The van der Waals surface area contributed by atoms with Crippen LogP contribution in [0, 0.1) is 13.8 Å². The first-order chi connectivity index (χ1) is 11.6. The zero-order valence-corrected chi connectivity index (χ0v) is 15.9. The van der Waals surface area contributed by atoms with E-state index in [2.05, 4.69) is 45.4 Å². The van der Waals surface area contributed by atoms with E-state index in [1.807, 2.05) is 31.3 Å². The van der Waals surface area contributed by atoms with Crippen molar-refractivity contribution < 1.29 is 0 Å². The monoisotopic (exact) mass is 375 g/mol. The van der Waals surface area contributed by atoms with Crippen LogP contribution >= 0.6 is 23.7 Å². The second-order valence-electron chi connectivity index (χ2n) is 5.62. The Morgan fingerprint density at radius 3 is 2.72 bits per heavy atom. The molecule has 2 heterocycles. The first kappa shape index (κ1) is 19.0. The van der Waals surface area contributed by atoms with Crippen LogP contribution in [0.5, 0.6) is 0 Å². The number of aliphatic imine (C=N–C) groups is 1. The van der Waals surface area contributed by atoms with Crippen molar-refractivity contribution in [2.45, 2.75) is 20.3 Å². The van der Waals surface area contributed by atoms with E-state index in [0.717, 1.165) is 33.4 Å². The summed E-state index contributed by atoms with van der Waals surface area (Å²) in [5.74, 6) is 0.400. The van der Waals surface area contributed by atoms with Crippen molar-refractivity contribution in [1.29, 1.82) is 0 Å². The van der Waals surface area contributed by atoms with Gasteiger partial charge in [-0.1, -0.05) is 30.3 Å². The molecule has 3 rings (SSSR count). The van der Waals surface area contributed by atoms with Crippen LogP contribution in [0.15, 0.2) is 47.6 Å². The Labute approximate surface area is 157 Å². The molecule has 0 saturated heterocycles. The lowest BCUT2D eigenvalue weighted by Gasteiger charge is -2.02. The lowest BCUT2D eigenvalue weighted by Crippen LogP contribution is -2.23. The highest BCUT2D eigenvalue weighted by atomic mass is 35.5. The van der Waals surface area contributed by atoms with Crippen LogP contribution in [0.2, 0.25) is 0 Å². The molecule has 0 spiro atoms. The minimum Gasteiger partial charge on any atom is -0.370 e. The van der Waals surface area contributed by atoms with Crippen molar-refractivity contribution in [2.24, 2.45) is 10.7 Å². The van der Waals surface area contributed by atoms with E-state index < -0.39 is 0 Å². The second-order valence-corrected chi connectivity index (χ2v) is 6.83. The maximum absolute atomic E-state index is 5.97. The summed E-state index contributed by atoms with van der Waals surface area (Å²) in [7, 11) is 0. The highest BCUT2D eigenvalue weighted by Gasteiger charge is 2.11. The number of aromatic amines is 1. The first-order valence-electron chi connectivity index (χ1n) is 7.85. The molecule has 0 bridgehead atoms. The predicted octanol–water partition coefficient (Wildman–Crippen LogP) is 4.15. The molecule has 2 aromatic heterocycles. The molecule has 7 heteroatoms. The van der Waals surface area contributed by atoms with Crippen molar-refractivity contribution in [3.8, 4) is 11.3 Å². The molecule has 1 aromatic carbocycles. The number of anilines is 1. The van der Waals surface area contributed by atoms with E-state index in [0.29, 0.717) is 12.5 Å². The molecule has 0 aliphatic rings. The maximum atomic E-state index is 5.97. The van der Waals surface area contributed by atoms with E-state index in [9.17, 15) is 0 Å². The highest BCUT2D eigenvalue weighted by Crippen LogP contribution is 2.30. The minimum atomic E-state index is 0. The Balaban J connectivity index is 0.00000225. The quantitative estimate of drug-likeness (QED) is 0.463. The number of aryl methyl sites for hydroxylation is 2. The molecule has 0 unspecified atom stereocenters. The minimum absolute atomic E-state index is 0. The summed E-state index contributed by atoms with van der Waals surface area (Å²) < 4.78 is 0. The molecule has 0 aliphatic carbocycles. The van der Waals surface area contributed by atoms with Crippen LogP contribution in [0.3, 0.4) is 0 Å². The number of H-pyrrole nitrogens is 1. The van der Waals surface area contributed by atoms with E-state index in [1.165, 1.54) is 5.56 Å². The molecular weight excluding hydrogens is 354 g/mol. The molecule has 3 aromatic rings. The molecule has 0 radical (unpaired) electrons. The smallest absolute Gasteiger partial charge is 0.194 e. The summed E-state index contributed by atoms with van der Waals surface area (Å²) in [6, 6.07) is 12.3. The fraction of sp³-hybridized carbons (Fsp3) is 0.222. The van der Waals surface area contributed by atoms with E-state index in [1.54, 1.807) is 11.3 Å². The summed E-state index contributed by atoms with van der Waals surface area (Å²) in [5.41, 5.74) is 10.4. The van der Waals surface area contributed by atoms with Crippen molar-refractivity contribution >= 4 is 34.8 Å². The van der Waals surface area contributed by atoms with Gasteiger partial charge in [-0.15, -0.1) is 23.7 Å². The first-order valence-corrected chi connectivity index (χ1v) is 8.67. The topological polar surface area (TPSA) is 79.1 Å².